The molecule has 0 unspecified atom stereocenters. The molecule has 1 N–H and O–H groups in total. The van der Waals surface area contributed by atoms with Crippen molar-refractivity contribution < 1.29 is 4.79 Å². The molecule has 4 heteroatoms. The lowest BCUT2D eigenvalue weighted by atomic mass is 10.3. The highest BCUT2D eigenvalue weighted by molar-refractivity contribution is 8.01. The molecule has 3 nitrogen and oxygen atoms in total. The van der Waals surface area contributed by atoms with Gasteiger partial charge in [0.2, 0.25) is 0 Å². The fourth-order valence-corrected chi connectivity index (χ4v) is 1.41. The van der Waals surface area contributed by atoms with Crippen LogP contribution in [0.25, 0.3) is 0 Å². The summed E-state index contributed by atoms with van der Waals surface area (Å²) in [4.78, 5) is 11.5. The monoisotopic (exact) mass is 210 g/mol. The molecule has 0 aromatic heterocycles. The molecule has 0 aromatic rings. The maximum atomic E-state index is 11.5. The number of allylic oxidation sites excluding steroid dienone is 2. The molecule has 0 radical (unpaired) electrons. The van der Waals surface area contributed by atoms with Gasteiger partial charge < -0.3 is 5.32 Å². The van der Waals surface area contributed by atoms with E-state index in [-0.39, 0.29) is 5.91 Å². The molecule has 0 aromatic carbocycles. The van der Waals surface area contributed by atoms with E-state index >= 15 is 0 Å². The molecule has 1 heterocycles. The minimum Gasteiger partial charge on any atom is -0.351 e. The first-order valence-corrected chi connectivity index (χ1v) is 5.53. The molecule has 0 saturated carbocycles. The summed E-state index contributed by atoms with van der Waals surface area (Å²) >= 11 is 1.28. The Hall–Kier alpha value is -1.03. The Bertz CT molecular complexity index is 282. The van der Waals surface area contributed by atoms with E-state index in [1.165, 1.54) is 11.9 Å². The first kappa shape index (κ1) is 11.0. The predicted octanol–water partition coefficient (Wildman–Crippen LogP) is 2.08. The van der Waals surface area contributed by atoms with Gasteiger partial charge in [0, 0.05) is 18.5 Å². The second kappa shape index (κ2) is 6.43. The average Bonchev–Trinajstić information content (AvgIpc) is 2.46. The molecule has 76 valence electrons. The van der Waals surface area contributed by atoms with Crippen LogP contribution in [-0.2, 0) is 4.79 Å². The summed E-state index contributed by atoms with van der Waals surface area (Å²) in [5.41, 5.74) is 0.483. The fourth-order valence-electron chi connectivity index (χ4n) is 0.931. The van der Waals surface area contributed by atoms with Crippen LogP contribution in [0.15, 0.2) is 28.0 Å². The minimum atomic E-state index is -0.0918. The summed E-state index contributed by atoms with van der Waals surface area (Å²) < 4.78 is 4.05. The highest BCUT2D eigenvalue weighted by Gasteiger charge is 2.07. The Labute approximate surface area is 88.5 Å². The van der Waals surface area contributed by atoms with Crippen molar-refractivity contribution in [2.24, 2.45) is 4.40 Å². The third-order valence-electron chi connectivity index (χ3n) is 1.70. The first-order chi connectivity index (χ1) is 6.84. The van der Waals surface area contributed by atoms with Crippen LogP contribution in [0.1, 0.15) is 19.8 Å². The number of nitrogens with zero attached hydrogens (tertiary/aromatic N) is 1. The van der Waals surface area contributed by atoms with Crippen LogP contribution in [0, 0.1) is 0 Å². The Morgan fingerprint density at radius 2 is 2.43 bits per heavy atom. The van der Waals surface area contributed by atoms with Crippen molar-refractivity contribution in [2.45, 2.75) is 19.8 Å². The van der Waals surface area contributed by atoms with Crippen molar-refractivity contribution in [1.29, 1.82) is 0 Å². The van der Waals surface area contributed by atoms with Crippen LogP contribution in [0.5, 0.6) is 0 Å². The van der Waals surface area contributed by atoms with Crippen molar-refractivity contribution in [3.8, 4) is 0 Å². The van der Waals surface area contributed by atoms with E-state index in [1.807, 2.05) is 17.6 Å². The summed E-state index contributed by atoms with van der Waals surface area (Å²) in [5.74, 6) is -0.0918. The molecule has 0 aliphatic carbocycles. The fraction of sp³-hybridized carbons (Fsp3) is 0.400. The van der Waals surface area contributed by atoms with Crippen molar-refractivity contribution >= 4 is 23.6 Å². The lowest BCUT2D eigenvalue weighted by Crippen LogP contribution is -2.30. The first-order valence-electron chi connectivity index (χ1n) is 4.70. The zero-order chi connectivity index (χ0) is 10.2. The Morgan fingerprint density at radius 1 is 1.57 bits per heavy atom. The molecule has 0 fully saturated rings. The molecule has 0 atom stereocenters. The number of nitrogens with one attached hydrogen (secondary N) is 1. The van der Waals surface area contributed by atoms with Gasteiger partial charge in [0.05, 0.1) is 0 Å². The number of rotatable bonds is 4. The molecule has 0 saturated heterocycles. The third-order valence-corrected chi connectivity index (χ3v) is 2.29. The van der Waals surface area contributed by atoms with Crippen LogP contribution in [0.4, 0.5) is 0 Å². The summed E-state index contributed by atoms with van der Waals surface area (Å²) in [6, 6.07) is 0. The number of amides is 1. The van der Waals surface area contributed by atoms with Gasteiger partial charge in [-0.05, 0) is 17.9 Å². The van der Waals surface area contributed by atoms with Crippen molar-refractivity contribution in [2.75, 3.05) is 6.54 Å². The normalized spacial score (nSPS) is 14.8. The lowest BCUT2D eigenvalue weighted by Gasteiger charge is -2.02. The second-order valence-electron chi connectivity index (χ2n) is 2.88. The molecule has 0 bridgehead atoms. The minimum absolute atomic E-state index is 0.0918. The van der Waals surface area contributed by atoms with Crippen molar-refractivity contribution in [1.82, 2.24) is 5.32 Å². The zero-order valence-electron chi connectivity index (χ0n) is 8.19. The molecular formula is C10H14N2OS. The number of hydrogen-bond acceptors (Lipinski definition) is 3. The molecule has 14 heavy (non-hydrogen) atoms. The van der Waals surface area contributed by atoms with E-state index in [0.29, 0.717) is 5.71 Å². The zero-order valence-corrected chi connectivity index (χ0v) is 9.01. The van der Waals surface area contributed by atoms with Crippen molar-refractivity contribution in [3.63, 3.8) is 0 Å². The number of carbonyl (C=O) groups excluding carboxylic acids is 1. The molecule has 1 aliphatic heterocycles. The summed E-state index contributed by atoms with van der Waals surface area (Å²) in [6.45, 7) is 2.81. The molecule has 1 rings (SSSR count). The Balaban J connectivity index is 2.40. The SMILES string of the molecule is CCCCNC(=O)C1=NSC=CC=C1. The quantitative estimate of drug-likeness (QED) is 0.570. The lowest BCUT2D eigenvalue weighted by molar-refractivity contribution is -0.114. The van der Waals surface area contributed by atoms with E-state index < -0.39 is 0 Å². The Morgan fingerprint density at radius 3 is 3.21 bits per heavy atom. The van der Waals surface area contributed by atoms with Gasteiger partial charge in [-0.25, -0.2) is 4.40 Å². The predicted molar refractivity (Wildman–Crippen MR) is 61.2 cm³/mol. The van der Waals surface area contributed by atoms with Crippen LogP contribution in [-0.4, -0.2) is 18.2 Å². The smallest absolute Gasteiger partial charge is 0.270 e. The topological polar surface area (TPSA) is 41.5 Å². The van der Waals surface area contributed by atoms with E-state index in [1.54, 1.807) is 6.08 Å². The van der Waals surface area contributed by atoms with Gasteiger partial charge in [0.15, 0.2) is 0 Å². The van der Waals surface area contributed by atoms with Gasteiger partial charge in [0.1, 0.15) is 5.71 Å². The van der Waals surface area contributed by atoms with Crippen LogP contribution < -0.4 is 5.32 Å². The second-order valence-corrected chi connectivity index (χ2v) is 3.54. The largest absolute Gasteiger partial charge is 0.351 e. The highest BCUT2D eigenvalue weighted by atomic mass is 32.2. The van der Waals surface area contributed by atoms with Crippen molar-refractivity contribution in [3.05, 3.63) is 23.6 Å². The number of carbonyl (C=O) groups is 1. The van der Waals surface area contributed by atoms with Crippen LogP contribution in [0.2, 0.25) is 0 Å². The average molecular weight is 210 g/mol. The van der Waals surface area contributed by atoms with Gasteiger partial charge in [-0.3, -0.25) is 4.79 Å². The van der Waals surface area contributed by atoms with E-state index in [9.17, 15) is 4.79 Å². The molecule has 1 amide bonds. The summed E-state index contributed by atoms with van der Waals surface area (Å²) in [7, 11) is 0. The maximum Gasteiger partial charge on any atom is 0.270 e. The van der Waals surface area contributed by atoms with E-state index in [0.717, 1.165) is 19.4 Å². The van der Waals surface area contributed by atoms with Gasteiger partial charge in [-0.1, -0.05) is 25.5 Å². The standard InChI is InChI=1S/C10H14N2OS/c1-2-3-7-11-10(13)9-6-4-5-8-14-12-9/h4-6,8H,2-3,7H2,1H3,(H,11,13). The van der Waals surface area contributed by atoms with Gasteiger partial charge in [-0.15, -0.1) is 0 Å². The third kappa shape index (κ3) is 3.79. The van der Waals surface area contributed by atoms with E-state index in [2.05, 4.69) is 16.6 Å². The summed E-state index contributed by atoms with van der Waals surface area (Å²) in [6.07, 6.45) is 7.49. The number of hydrogen-bond donors (Lipinski definition) is 1. The molecule has 0 spiro atoms. The molecular weight excluding hydrogens is 196 g/mol. The Kier molecular flexibility index (Phi) is 5.07. The van der Waals surface area contributed by atoms with Gasteiger partial charge in [0.25, 0.3) is 5.91 Å². The van der Waals surface area contributed by atoms with Gasteiger partial charge in [-0.2, -0.15) is 0 Å². The van der Waals surface area contributed by atoms with E-state index in [4.69, 9.17) is 0 Å². The van der Waals surface area contributed by atoms with Crippen LogP contribution >= 0.6 is 11.9 Å². The maximum absolute atomic E-state index is 11.5. The van der Waals surface area contributed by atoms with Gasteiger partial charge >= 0.3 is 0 Å². The summed E-state index contributed by atoms with van der Waals surface area (Å²) in [5, 5.41) is 4.66. The number of unbranched alkanes of at least 4 members (excludes halogenated alkanes) is 1. The molecule has 1 aliphatic rings. The highest BCUT2D eigenvalue weighted by Crippen LogP contribution is 2.08. The van der Waals surface area contributed by atoms with Crippen LogP contribution in [0.3, 0.4) is 0 Å².